The van der Waals surface area contributed by atoms with Gasteiger partial charge in [0.1, 0.15) is 6.04 Å². The molecule has 0 bridgehead atoms. The third kappa shape index (κ3) is 6.97. The van der Waals surface area contributed by atoms with Crippen LogP contribution in [0.25, 0.3) is 10.9 Å². The number of aromatic amines is 1. The minimum atomic E-state index is -0.298. The van der Waals surface area contributed by atoms with Crippen LogP contribution in [0.4, 0.5) is 0 Å². The minimum absolute atomic E-state index is 0.0194. The number of nitrogens with zero attached hydrogens (tertiary/aromatic N) is 4. The molecule has 200 valence electrons. The van der Waals surface area contributed by atoms with Crippen molar-refractivity contribution in [2.45, 2.75) is 44.8 Å². The van der Waals surface area contributed by atoms with Crippen LogP contribution < -0.4 is 5.32 Å². The van der Waals surface area contributed by atoms with E-state index < -0.39 is 0 Å². The highest BCUT2D eigenvalue weighted by atomic mass is 16.5. The van der Waals surface area contributed by atoms with Gasteiger partial charge in [-0.25, -0.2) is 0 Å². The summed E-state index contributed by atoms with van der Waals surface area (Å²) in [6.07, 6.45) is 4.50. The molecule has 1 amide bonds. The Morgan fingerprint density at radius 3 is 2.46 bits per heavy atom. The summed E-state index contributed by atoms with van der Waals surface area (Å²) in [6, 6.07) is 28.5. The van der Waals surface area contributed by atoms with Gasteiger partial charge in [-0.15, -0.1) is 10.2 Å². The van der Waals surface area contributed by atoms with Crippen LogP contribution in [0.15, 0.2) is 91.1 Å². The first-order chi connectivity index (χ1) is 19.2. The molecule has 0 saturated heterocycles. The van der Waals surface area contributed by atoms with E-state index in [1.165, 1.54) is 11.1 Å². The van der Waals surface area contributed by atoms with Crippen LogP contribution in [-0.2, 0) is 29.0 Å². The SMILES string of the molecule is CC(C(=O)NCCc1ccccc1)n1ccc2cc(CCC(COCc3ccccc3)c3nn[nH]n3)ccc21. The average Bonchev–Trinajstić information content (AvgIpc) is 3.66. The van der Waals surface area contributed by atoms with Crippen molar-refractivity contribution in [2.24, 2.45) is 0 Å². The first-order valence-electron chi connectivity index (χ1n) is 13.4. The molecule has 0 saturated carbocycles. The van der Waals surface area contributed by atoms with Crippen molar-refractivity contribution in [3.8, 4) is 0 Å². The zero-order chi connectivity index (χ0) is 26.9. The highest BCUT2D eigenvalue weighted by Crippen LogP contribution is 2.25. The molecule has 0 aliphatic rings. The number of aryl methyl sites for hydroxylation is 1. The molecule has 2 heterocycles. The zero-order valence-electron chi connectivity index (χ0n) is 22.2. The van der Waals surface area contributed by atoms with E-state index in [0.29, 0.717) is 25.6 Å². The van der Waals surface area contributed by atoms with Crippen LogP contribution in [0.3, 0.4) is 0 Å². The standard InChI is InChI=1S/C31H34N6O2/c1-23(31(38)32-18-16-24-8-4-2-5-9-24)37-19-17-27-20-25(13-15-29(27)37)12-14-28(30-33-35-36-34-30)22-39-21-26-10-6-3-7-11-26/h2-11,13,15,17,19-20,23,28H,12,14,16,18,21-22H2,1H3,(H,32,38)(H,33,34,35,36). The third-order valence-electron chi connectivity index (χ3n) is 7.08. The van der Waals surface area contributed by atoms with E-state index in [0.717, 1.165) is 35.7 Å². The van der Waals surface area contributed by atoms with Gasteiger partial charge in [0, 0.05) is 24.2 Å². The quantitative estimate of drug-likeness (QED) is 0.227. The Kier molecular flexibility index (Phi) is 8.75. The lowest BCUT2D eigenvalue weighted by Crippen LogP contribution is -2.32. The molecule has 8 nitrogen and oxygen atoms in total. The maximum absolute atomic E-state index is 12.8. The Balaban J connectivity index is 1.17. The molecule has 3 aromatic carbocycles. The van der Waals surface area contributed by atoms with Crippen LogP contribution in [0, 0.1) is 0 Å². The van der Waals surface area contributed by atoms with E-state index in [1.54, 1.807) is 0 Å². The summed E-state index contributed by atoms with van der Waals surface area (Å²) >= 11 is 0. The fraction of sp³-hybridized carbons (Fsp3) is 0.290. The first-order valence-corrected chi connectivity index (χ1v) is 13.4. The second-order valence-corrected chi connectivity index (χ2v) is 9.83. The number of aromatic nitrogens is 5. The number of carbonyl (C=O) groups excluding carboxylic acids is 1. The third-order valence-corrected chi connectivity index (χ3v) is 7.08. The molecular weight excluding hydrogens is 488 g/mol. The molecule has 0 aliphatic carbocycles. The van der Waals surface area contributed by atoms with Crippen LogP contribution in [-0.4, -0.2) is 44.3 Å². The molecule has 0 spiro atoms. The minimum Gasteiger partial charge on any atom is -0.376 e. The largest absolute Gasteiger partial charge is 0.376 e. The van der Waals surface area contributed by atoms with Crippen molar-refractivity contribution < 1.29 is 9.53 Å². The maximum atomic E-state index is 12.8. The first kappa shape index (κ1) is 26.3. The zero-order valence-corrected chi connectivity index (χ0v) is 22.2. The Morgan fingerprint density at radius 2 is 1.72 bits per heavy atom. The lowest BCUT2D eigenvalue weighted by Gasteiger charge is -2.16. The Morgan fingerprint density at radius 1 is 0.949 bits per heavy atom. The number of carbonyl (C=O) groups is 1. The number of amides is 1. The summed E-state index contributed by atoms with van der Waals surface area (Å²) in [5, 5.41) is 18.9. The molecule has 5 aromatic rings. The predicted molar refractivity (Wildman–Crippen MR) is 151 cm³/mol. The maximum Gasteiger partial charge on any atom is 0.242 e. The van der Waals surface area contributed by atoms with Crippen molar-refractivity contribution in [1.82, 2.24) is 30.5 Å². The highest BCUT2D eigenvalue weighted by Gasteiger charge is 2.19. The summed E-state index contributed by atoms with van der Waals surface area (Å²) in [4.78, 5) is 12.8. The van der Waals surface area contributed by atoms with Crippen molar-refractivity contribution in [3.05, 3.63) is 114 Å². The van der Waals surface area contributed by atoms with E-state index in [1.807, 2.05) is 54.1 Å². The summed E-state index contributed by atoms with van der Waals surface area (Å²) in [5.41, 5.74) is 4.62. The number of hydrogen-bond donors (Lipinski definition) is 2. The lowest BCUT2D eigenvalue weighted by atomic mass is 9.98. The Hall–Kier alpha value is -4.30. The normalized spacial score (nSPS) is 12.8. The fourth-order valence-corrected chi connectivity index (χ4v) is 4.82. The second kappa shape index (κ2) is 13.0. The number of benzene rings is 3. The molecule has 0 radical (unpaired) electrons. The van der Waals surface area contributed by atoms with Gasteiger partial charge < -0.3 is 14.6 Å². The van der Waals surface area contributed by atoms with Gasteiger partial charge in [0.05, 0.1) is 13.2 Å². The van der Waals surface area contributed by atoms with E-state index in [9.17, 15) is 4.79 Å². The van der Waals surface area contributed by atoms with Crippen LogP contribution in [0.1, 0.15) is 47.8 Å². The number of tetrazole rings is 1. The Bertz CT molecular complexity index is 1450. The summed E-state index contributed by atoms with van der Waals surface area (Å²) in [7, 11) is 0. The van der Waals surface area contributed by atoms with E-state index in [4.69, 9.17) is 4.74 Å². The molecule has 0 fully saturated rings. The smallest absolute Gasteiger partial charge is 0.242 e. The number of hydrogen-bond acceptors (Lipinski definition) is 5. The van der Waals surface area contributed by atoms with Crippen molar-refractivity contribution >= 4 is 16.8 Å². The molecule has 8 heteroatoms. The molecule has 2 aromatic heterocycles. The van der Waals surface area contributed by atoms with Crippen LogP contribution >= 0.6 is 0 Å². The van der Waals surface area contributed by atoms with Gasteiger partial charge in [-0.3, -0.25) is 4.79 Å². The predicted octanol–water partition coefficient (Wildman–Crippen LogP) is 5.01. The van der Waals surface area contributed by atoms with Gasteiger partial charge in [0.15, 0.2) is 5.82 Å². The number of nitrogens with one attached hydrogen (secondary N) is 2. The molecule has 0 aliphatic heterocycles. The van der Waals surface area contributed by atoms with Gasteiger partial charge in [0.2, 0.25) is 5.91 Å². The van der Waals surface area contributed by atoms with Gasteiger partial charge in [0.25, 0.3) is 0 Å². The van der Waals surface area contributed by atoms with Crippen LogP contribution in [0.2, 0.25) is 0 Å². The molecular formula is C31H34N6O2. The monoisotopic (exact) mass is 522 g/mol. The number of H-pyrrole nitrogens is 1. The Labute approximate surface area is 228 Å². The van der Waals surface area contributed by atoms with E-state index in [-0.39, 0.29) is 17.9 Å². The number of fused-ring (bicyclic) bond motifs is 1. The second-order valence-electron chi connectivity index (χ2n) is 9.83. The molecule has 2 atom stereocenters. The van der Waals surface area contributed by atoms with Crippen molar-refractivity contribution in [1.29, 1.82) is 0 Å². The summed E-state index contributed by atoms with van der Waals surface area (Å²) in [5.74, 6) is 0.723. The lowest BCUT2D eigenvalue weighted by molar-refractivity contribution is -0.123. The molecule has 5 rings (SSSR count). The summed E-state index contributed by atoms with van der Waals surface area (Å²) in [6.45, 7) is 3.62. The molecule has 39 heavy (non-hydrogen) atoms. The van der Waals surface area contributed by atoms with E-state index >= 15 is 0 Å². The van der Waals surface area contributed by atoms with Crippen molar-refractivity contribution in [3.63, 3.8) is 0 Å². The van der Waals surface area contributed by atoms with Gasteiger partial charge in [-0.2, -0.15) is 5.21 Å². The highest BCUT2D eigenvalue weighted by molar-refractivity contribution is 5.86. The van der Waals surface area contributed by atoms with Gasteiger partial charge in [-0.05, 0) is 66.5 Å². The van der Waals surface area contributed by atoms with Gasteiger partial charge >= 0.3 is 0 Å². The van der Waals surface area contributed by atoms with E-state index in [2.05, 4.69) is 74.5 Å². The number of rotatable bonds is 13. The fourth-order valence-electron chi connectivity index (χ4n) is 4.82. The van der Waals surface area contributed by atoms with Crippen molar-refractivity contribution in [2.75, 3.05) is 13.2 Å². The topological polar surface area (TPSA) is 97.7 Å². The average molecular weight is 523 g/mol. The summed E-state index contributed by atoms with van der Waals surface area (Å²) < 4.78 is 8.04. The van der Waals surface area contributed by atoms with Gasteiger partial charge in [-0.1, -0.05) is 71.9 Å². The molecule has 2 unspecified atom stereocenters. The number of ether oxygens (including phenoxy) is 1. The molecule has 2 N–H and O–H groups in total. The van der Waals surface area contributed by atoms with Crippen LogP contribution in [0.5, 0.6) is 0 Å².